The van der Waals surface area contributed by atoms with Crippen LogP contribution in [0.1, 0.15) is 19.8 Å². The van der Waals surface area contributed by atoms with Gasteiger partial charge in [0, 0.05) is 25.7 Å². The Morgan fingerprint density at radius 1 is 1.50 bits per heavy atom. The van der Waals surface area contributed by atoms with Crippen LogP contribution in [0.15, 0.2) is 0 Å². The molecule has 0 aromatic carbocycles. The molecule has 114 valence electrons. The van der Waals surface area contributed by atoms with E-state index in [-0.39, 0.29) is 18.0 Å². The van der Waals surface area contributed by atoms with Crippen LogP contribution in [0.4, 0.5) is 4.79 Å². The van der Waals surface area contributed by atoms with E-state index in [1.54, 1.807) is 11.8 Å². The summed E-state index contributed by atoms with van der Waals surface area (Å²) >= 11 is 0. The molecule has 2 aliphatic heterocycles. The predicted molar refractivity (Wildman–Crippen MR) is 72.4 cm³/mol. The molecule has 2 aliphatic rings. The summed E-state index contributed by atoms with van der Waals surface area (Å²) in [6.45, 7) is 5.17. The van der Waals surface area contributed by atoms with Crippen LogP contribution in [-0.4, -0.2) is 68.4 Å². The Balaban J connectivity index is 1.82. The Kier molecular flexibility index (Phi) is 5.60. The van der Waals surface area contributed by atoms with Gasteiger partial charge in [-0.25, -0.2) is 4.79 Å². The second-order valence-electron chi connectivity index (χ2n) is 5.07. The number of likely N-dealkylation sites (tertiary alicyclic amines) is 1. The lowest BCUT2D eigenvalue weighted by Gasteiger charge is -2.36. The molecular weight excluding hydrogens is 262 g/mol. The first-order valence-corrected chi connectivity index (χ1v) is 7.24. The first kappa shape index (κ1) is 15.1. The molecular formula is C13H23N3O4. The molecule has 0 aliphatic carbocycles. The van der Waals surface area contributed by atoms with Crippen molar-refractivity contribution in [2.75, 3.05) is 39.5 Å². The van der Waals surface area contributed by atoms with E-state index in [0.29, 0.717) is 32.9 Å². The fourth-order valence-electron chi connectivity index (χ4n) is 2.58. The third-order valence-electron chi connectivity index (χ3n) is 3.55. The number of rotatable bonds is 3. The van der Waals surface area contributed by atoms with Gasteiger partial charge in [-0.3, -0.25) is 4.79 Å². The number of alkyl carbamates (subject to hydrolysis) is 1. The largest absolute Gasteiger partial charge is 0.450 e. The number of nitrogens with one attached hydrogen (secondary N) is 2. The van der Waals surface area contributed by atoms with E-state index in [0.717, 1.165) is 19.4 Å². The summed E-state index contributed by atoms with van der Waals surface area (Å²) in [5.41, 5.74) is 0. The highest BCUT2D eigenvalue weighted by molar-refractivity contribution is 5.82. The molecule has 2 heterocycles. The Morgan fingerprint density at radius 3 is 3.05 bits per heavy atom. The number of piperidine rings is 1. The number of carbonyl (C=O) groups is 2. The molecule has 0 radical (unpaired) electrons. The van der Waals surface area contributed by atoms with Crippen molar-refractivity contribution in [3.05, 3.63) is 0 Å². The topological polar surface area (TPSA) is 79.9 Å². The summed E-state index contributed by atoms with van der Waals surface area (Å²) in [6, 6.07) is -0.290. The van der Waals surface area contributed by atoms with Crippen molar-refractivity contribution in [3.8, 4) is 0 Å². The number of carbonyl (C=O) groups excluding carboxylic acids is 2. The fourth-order valence-corrected chi connectivity index (χ4v) is 2.58. The number of ether oxygens (including phenoxy) is 2. The van der Waals surface area contributed by atoms with Crippen LogP contribution in [0.25, 0.3) is 0 Å². The van der Waals surface area contributed by atoms with Crippen LogP contribution in [0, 0.1) is 0 Å². The smallest absolute Gasteiger partial charge is 0.407 e. The number of amides is 2. The van der Waals surface area contributed by atoms with Gasteiger partial charge in [-0.1, -0.05) is 0 Å². The molecule has 0 aromatic heterocycles. The van der Waals surface area contributed by atoms with E-state index in [1.165, 1.54) is 0 Å². The minimum Gasteiger partial charge on any atom is -0.450 e. The summed E-state index contributed by atoms with van der Waals surface area (Å²) in [5.74, 6) is 0.0556. The van der Waals surface area contributed by atoms with E-state index in [9.17, 15) is 9.59 Å². The molecule has 7 heteroatoms. The van der Waals surface area contributed by atoms with Crippen LogP contribution in [0.3, 0.4) is 0 Å². The quantitative estimate of drug-likeness (QED) is 0.745. The summed E-state index contributed by atoms with van der Waals surface area (Å²) in [5, 5.41) is 5.96. The average molecular weight is 285 g/mol. The van der Waals surface area contributed by atoms with Gasteiger partial charge in [0.2, 0.25) is 5.91 Å². The van der Waals surface area contributed by atoms with Crippen molar-refractivity contribution >= 4 is 12.0 Å². The third-order valence-corrected chi connectivity index (χ3v) is 3.55. The van der Waals surface area contributed by atoms with Gasteiger partial charge < -0.3 is 25.0 Å². The molecule has 2 atom stereocenters. The standard InChI is InChI=1S/C13H23N3O4/c1-2-20-13(18)15-10-4-3-6-16(8-10)12(17)11-9-19-7-5-14-11/h10-11,14H,2-9H2,1H3,(H,15,18). The van der Waals surface area contributed by atoms with E-state index < -0.39 is 6.09 Å². The molecule has 7 nitrogen and oxygen atoms in total. The highest BCUT2D eigenvalue weighted by Crippen LogP contribution is 2.12. The molecule has 0 aromatic rings. The normalized spacial score (nSPS) is 26.9. The molecule has 20 heavy (non-hydrogen) atoms. The minimum absolute atomic E-state index is 0.0312. The Morgan fingerprint density at radius 2 is 2.35 bits per heavy atom. The SMILES string of the molecule is CCOC(=O)NC1CCCN(C(=O)C2COCCN2)C1. The number of hydrogen-bond donors (Lipinski definition) is 2. The third kappa shape index (κ3) is 4.08. The van der Waals surface area contributed by atoms with Crippen LogP contribution < -0.4 is 10.6 Å². The zero-order valence-electron chi connectivity index (χ0n) is 11.9. The highest BCUT2D eigenvalue weighted by atomic mass is 16.5. The van der Waals surface area contributed by atoms with Crippen molar-refractivity contribution in [2.45, 2.75) is 31.8 Å². The first-order chi connectivity index (χ1) is 9.70. The maximum Gasteiger partial charge on any atom is 0.407 e. The van der Waals surface area contributed by atoms with Crippen LogP contribution in [0.2, 0.25) is 0 Å². The molecule has 0 saturated carbocycles. The van der Waals surface area contributed by atoms with Crippen molar-refractivity contribution in [2.24, 2.45) is 0 Å². The van der Waals surface area contributed by atoms with E-state index >= 15 is 0 Å². The molecule has 2 amide bonds. The summed E-state index contributed by atoms with van der Waals surface area (Å²) in [7, 11) is 0. The second kappa shape index (κ2) is 7.44. The van der Waals surface area contributed by atoms with Crippen molar-refractivity contribution < 1.29 is 19.1 Å². The van der Waals surface area contributed by atoms with Gasteiger partial charge in [-0.2, -0.15) is 0 Å². The highest BCUT2D eigenvalue weighted by Gasteiger charge is 2.30. The lowest BCUT2D eigenvalue weighted by molar-refractivity contribution is -0.137. The number of hydrogen-bond acceptors (Lipinski definition) is 5. The summed E-state index contributed by atoms with van der Waals surface area (Å²) < 4.78 is 10.2. The molecule has 2 N–H and O–H groups in total. The molecule has 2 fully saturated rings. The maximum atomic E-state index is 12.3. The predicted octanol–water partition coefficient (Wildman–Crippen LogP) is -0.288. The monoisotopic (exact) mass is 285 g/mol. The van der Waals surface area contributed by atoms with Gasteiger partial charge >= 0.3 is 6.09 Å². The van der Waals surface area contributed by atoms with Gasteiger partial charge in [0.15, 0.2) is 0 Å². The molecule has 0 bridgehead atoms. The number of morpholine rings is 1. The summed E-state index contributed by atoms with van der Waals surface area (Å²) in [4.78, 5) is 25.6. The Bertz CT molecular complexity index is 345. The minimum atomic E-state index is -0.411. The van der Waals surface area contributed by atoms with Gasteiger partial charge in [-0.05, 0) is 19.8 Å². The van der Waals surface area contributed by atoms with Gasteiger partial charge in [0.05, 0.1) is 19.8 Å². The van der Waals surface area contributed by atoms with Crippen LogP contribution in [0.5, 0.6) is 0 Å². The zero-order valence-corrected chi connectivity index (χ0v) is 11.9. The van der Waals surface area contributed by atoms with Crippen molar-refractivity contribution in [1.29, 1.82) is 0 Å². The van der Waals surface area contributed by atoms with Crippen molar-refractivity contribution in [3.63, 3.8) is 0 Å². The molecule has 2 unspecified atom stereocenters. The molecule has 2 saturated heterocycles. The summed E-state index contributed by atoms with van der Waals surface area (Å²) in [6.07, 6.45) is 1.35. The first-order valence-electron chi connectivity index (χ1n) is 7.24. The molecule has 2 rings (SSSR count). The van der Waals surface area contributed by atoms with Gasteiger partial charge in [0.25, 0.3) is 0 Å². The lowest BCUT2D eigenvalue weighted by atomic mass is 10.0. The average Bonchev–Trinajstić information content (AvgIpc) is 2.48. The Labute approximate surface area is 119 Å². The van der Waals surface area contributed by atoms with Crippen LogP contribution >= 0.6 is 0 Å². The maximum absolute atomic E-state index is 12.3. The van der Waals surface area contributed by atoms with Gasteiger partial charge in [0.1, 0.15) is 6.04 Å². The Hall–Kier alpha value is -1.34. The second-order valence-corrected chi connectivity index (χ2v) is 5.07. The van der Waals surface area contributed by atoms with E-state index in [1.807, 2.05) is 0 Å². The lowest BCUT2D eigenvalue weighted by Crippen LogP contribution is -2.57. The number of nitrogens with zero attached hydrogens (tertiary/aromatic N) is 1. The zero-order chi connectivity index (χ0) is 14.4. The van der Waals surface area contributed by atoms with Gasteiger partial charge in [-0.15, -0.1) is 0 Å². The van der Waals surface area contributed by atoms with Crippen LogP contribution in [-0.2, 0) is 14.3 Å². The fraction of sp³-hybridized carbons (Fsp3) is 0.846. The van der Waals surface area contributed by atoms with E-state index in [2.05, 4.69) is 10.6 Å². The van der Waals surface area contributed by atoms with Crippen molar-refractivity contribution in [1.82, 2.24) is 15.5 Å². The molecule has 0 spiro atoms. The van der Waals surface area contributed by atoms with E-state index in [4.69, 9.17) is 9.47 Å².